The lowest BCUT2D eigenvalue weighted by Gasteiger charge is -2.31. The van der Waals surface area contributed by atoms with Gasteiger partial charge in [0.1, 0.15) is 11.8 Å². The molecule has 0 aliphatic heterocycles. The summed E-state index contributed by atoms with van der Waals surface area (Å²) < 4.78 is 6.55. The molecule has 1 unspecified atom stereocenters. The fourth-order valence-corrected chi connectivity index (χ4v) is 4.76. The minimum Gasteiger partial charge on any atom is -0.482 e. The highest BCUT2D eigenvalue weighted by atomic mass is 79.9. The molecule has 0 bridgehead atoms. The number of rotatable bonds is 11. The number of carbonyl (C=O) groups excluding carboxylic acids is 2. The third-order valence-electron chi connectivity index (χ3n) is 5.42. The van der Waals surface area contributed by atoms with E-state index < -0.39 is 6.04 Å². The molecule has 2 amide bonds. The third-order valence-corrected chi connectivity index (χ3v) is 6.80. The minimum atomic E-state index is -0.790. The second kappa shape index (κ2) is 13.9. The summed E-state index contributed by atoms with van der Waals surface area (Å²) in [6.07, 6.45) is 1.10. The van der Waals surface area contributed by atoms with Crippen LogP contribution in [0.3, 0.4) is 0 Å². The maximum atomic E-state index is 13.6. The van der Waals surface area contributed by atoms with E-state index in [0.717, 1.165) is 16.5 Å². The van der Waals surface area contributed by atoms with Gasteiger partial charge in [0.15, 0.2) is 6.61 Å². The summed E-state index contributed by atoms with van der Waals surface area (Å²) in [5.74, 6) is -0.263. The van der Waals surface area contributed by atoms with Crippen LogP contribution in [0.2, 0.25) is 15.1 Å². The zero-order valence-electron chi connectivity index (χ0n) is 19.6. The van der Waals surface area contributed by atoms with Crippen molar-refractivity contribution in [3.05, 3.63) is 97.4 Å². The van der Waals surface area contributed by atoms with Crippen molar-refractivity contribution in [2.24, 2.45) is 0 Å². The monoisotopic (exact) mass is 610 g/mol. The molecule has 0 aromatic heterocycles. The fourth-order valence-electron chi connectivity index (χ4n) is 3.57. The second-order valence-corrected chi connectivity index (χ2v) is 10.3. The number of nitrogens with one attached hydrogen (secondary N) is 1. The standard InChI is InChI=1S/C27H26BrCl3N2O3/c1-2-12-32-27(35)24(13-18-6-4-3-5-7-18)33(16-19-8-10-21(29)15-22(19)30)26(34)17-36-25-11-9-20(28)14-23(25)31/h3-11,14-15,24H,2,12-13,16-17H2,1H3,(H,32,35). The van der Waals surface area contributed by atoms with Crippen LogP contribution >= 0.6 is 50.7 Å². The average Bonchev–Trinajstić information content (AvgIpc) is 2.85. The second-order valence-electron chi connectivity index (χ2n) is 8.12. The van der Waals surface area contributed by atoms with Gasteiger partial charge in [-0.05, 0) is 47.9 Å². The van der Waals surface area contributed by atoms with Crippen molar-refractivity contribution in [2.75, 3.05) is 13.2 Å². The largest absolute Gasteiger partial charge is 0.482 e. The molecule has 1 N–H and O–H groups in total. The van der Waals surface area contributed by atoms with Crippen molar-refractivity contribution in [3.63, 3.8) is 0 Å². The molecule has 1 atom stereocenters. The van der Waals surface area contributed by atoms with Gasteiger partial charge >= 0.3 is 0 Å². The van der Waals surface area contributed by atoms with Gasteiger partial charge in [-0.15, -0.1) is 0 Å². The van der Waals surface area contributed by atoms with Crippen molar-refractivity contribution < 1.29 is 14.3 Å². The molecule has 3 aromatic carbocycles. The van der Waals surface area contributed by atoms with Crippen molar-refractivity contribution >= 4 is 62.5 Å². The molecule has 0 radical (unpaired) electrons. The van der Waals surface area contributed by atoms with E-state index in [1.807, 2.05) is 37.3 Å². The van der Waals surface area contributed by atoms with Crippen LogP contribution in [-0.2, 0) is 22.6 Å². The average molecular weight is 613 g/mol. The van der Waals surface area contributed by atoms with Crippen LogP contribution in [0.5, 0.6) is 5.75 Å². The molecule has 0 spiro atoms. The van der Waals surface area contributed by atoms with Crippen molar-refractivity contribution in [1.29, 1.82) is 0 Å². The maximum absolute atomic E-state index is 13.6. The van der Waals surface area contributed by atoms with Crippen LogP contribution in [-0.4, -0.2) is 35.9 Å². The lowest BCUT2D eigenvalue weighted by molar-refractivity contribution is -0.142. The van der Waals surface area contributed by atoms with Crippen LogP contribution in [0.25, 0.3) is 0 Å². The molecule has 5 nitrogen and oxygen atoms in total. The molecule has 3 aromatic rings. The highest BCUT2D eigenvalue weighted by Gasteiger charge is 2.31. The van der Waals surface area contributed by atoms with E-state index in [2.05, 4.69) is 21.2 Å². The quantitative estimate of drug-likeness (QED) is 0.255. The zero-order valence-corrected chi connectivity index (χ0v) is 23.5. The Labute approximate surface area is 234 Å². The SMILES string of the molecule is CCCNC(=O)C(Cc1ccccc1)N(Cc1ccc(Cl)cc1Cl)C(=O)COc1ccc(Br)cc1Cl. The number of hydrogen-bond acceptors (Lipinski definition) is 3. The van der Waals surface area contributed by atoms with Gasteiger partial charge in [0.2, 0.25) is 5.91 Å². The fraction of sp³-hybridized carbons (Fsp3) is 0.259. The maximum Gasteiger partial charge on any atom is 0.261 e. The van der Waals surface area contributed by atoms with E-state index in [-0.39, 0.29) is 25.0 Å². The molecule has 0 aliphatic rings. The molecular formula is C27H26BrCl3N2O3. The highest BCUT2D eigenvalue weighted by Crippen LogP contribution is 2.28. The highest BCUT2D eigenvalue weighted by molar-refractivity contribution is 9.10. The van der Waals surface area contributed by atoms with E-state index >= 15 is 0 Å². The van der Waals surface area contributed by atoms with Crippen molar-refractivity contribution in [3.8, 4) is 5.75 Å². The van der Waals surface area contributed by atoms with Gasteiger partial charge in [-0.25, -0.2) is 0 Å². The summed E-state index contributed by atoms with van der Waals surface area (Å²) in [6.45, 7) is 2.26. The summed E-state index contributed by atoms with van der Waals surface area (Å²) in [5, 5.41) is 4.19. The van der Waals surface area contributed by atoms with Crippen LogP contribution in [0.4, 0.5) is 0 Å². The molecule has 0 saturated carbocycles. The first-order chi connectivity index (χ1) is 17.3. The van der Waals surface area contributed by atoms with E-state index in [4.69, 9.17) is 39.5 Å². The van der Waals surface area contributed by atoms with E-state index in [9.17, 15) is 9.59 Å². The van der Waals surface area contributed by atoms with Gasteiger partial charge in [-0.1, -0.05) is 94.1 Å². The molecule has 0 heterocycles. The van der Waals surface area contributed by atoms with E-state index in [1.165, 1.54) is 4.90 Å². The number of ether oxygens (including phenoxy) is 1. The van der Waals surface area contributed by atoms with Crippen LogP contribution in [0, 0.1) is 0 Å². The Bertz CT molecular complexity index is 1190. The Morgan fingerprint density at radius 3 is 2.42 bits per heavy atom. The Balaban J connectivity index is 1.93. The zero-order chi connectivity index (χ0) is 26.1. The number of amides is 2. The molecule has 9 heteroatoms. The number of carbonyl (C=O) groups is 2. The van der Waals surface area contributed by atoms with E-state index in [0.29, 0.717) is 39.3 Å². The first-order valence-electron chi connectivity index (χ1n) is 11.4. The summed E-state index contributed by atoms with van der Waals surface area (Å²) in [7, 11) is 0. The minimum absolute atomic E-state index is 0.101. The smallest absolute Gasteiger partial charge is 0.261 e. The number of halogens is 4. The number of benzene rings is 3. The molecule has 36 heavy (non-hydrogen) atoms. The molecule has 3 rings (SSSR count). The summed E-state index contributed by atoms with van der Waals surface area (Å²) in [5.41, 5.74) is 1.59. The van der Waals surface area contributed by atoms with Crippen molar-refractivity contribution in [1.82, 2.24) is 10.2 Å². The van der Waals surface area contributed by atoms with Crippen LogP contribution in [0.1, 0.15) is 24.5 Å². The topological polar surface area (TPSA) is 58.6 Å². The molecule has 0 fully saturated rings. The van der Waals surface area contributed by atoms with Crippen molar-refractivity contribution in [2.45, 2.75) is 32.4 Å². The Hall–Kier alpha value is -2.25. The molecule has 0 saturated heterocycles. The Morgan fingerprint density at radius 2 is 1.75 bits per heavy atom. The first-order valence-corrected chi connectivity index (χ1v) is 13.3. The third kappa shape index (κ3) is 8.13. The first kappa shape index (κ1) is 28.3. The summed E-state index contributed by atoms with van der Waals surface area (Å²) >= 11 is 22.1. The summed E-state index contributed by atoms with van der Waals surface area (Å²) in [6, 6.07) is 19.0. The van der Waals surface area contributed by atoms with Crippen LogP contribution < -0.4 is 10.1 Å². The number of nitrogens with zero attached hydrogens (tertiary/aromatic N) is 1. The summed E-state index contributed by atoms with van der Waals surface area (Å²) in [4.78, 5) is 28.4. The lowest BCUT2D eigenvalue weighted by Crippen LogP contribution is -2.51. The molecule has 0 aliphatic carbocycles. The van der Waals surface area contributed by atoms with Crippen LogP contribution in [0.15, 0.2) is 71.2 Å². The predicted octanol–water partition coefficient (Wildman–Crippen LogP) is 6.95. The van der Waals surface area contributed by atoms with Gasteiger partial charge in [0, 0.05) is 34.0 Å². The van der Waals surface area contributed by atoms with Gasteiger partial charge in [0.25, 0.3) is 5.91 Å². The normalized spacial score (nSPS) is 11.6. The molecule has 190 valence electrons. The lowest BCUT2D eigenvalue weighted by atomic mass is 10.0. The van der Waals surface area contributed by atoms with Gasteiger partial charge < -0.3 is 15.0 Å². The van der Waals surface area contributed by atoms with Gasteiger partial charge in [0.05, 0.1) is 5.02 Å². The molecular weight excluding hydrogens is 587 g/mol. The van der Waals surface area contributed by atoms with Gasteiger partial charge in [-0.3, -0.25) is 9.59 Å². The van der Waals surface area contributed by atoms with Gasteiger partial charge in [-0.2, -0.15) is 0 Å². The predicted molar refractivity (Wildman–Crippen MR) is 149 cm³/mol. The Morgan fingerprint density at radius 1 is 1.00 bits per heavy atom. The van der Waals surface area contributed by atoms with E-state index in [1.54, 1.807) is 36.4 Å². The number of hydrogen-bond donors (Lipinski definition) is 1. The Kier molecular flexibility index (Phi) is 10.9.